The first-order valence-electron chi connectivity index (χ1n) is 6.93. The highest BCUT2D eigenvalue weighted by Crippen LogP contribution is 2.17. The third-order valence-corrected chi connectivity index (χ3v) is 3.71. The fourth-order valence-corrected chi connectivity index (χ4v) is 2.64. The Morgan fingerprint density at radius 1 is 1.06 bits per heavy atom. The molecule has 100 valence electrons. The Labute approximate surface area is 108 Å². The van der Waals surface area contributed by atoms with Gasteiger partial charge in [0.25, 0.3) is 0 Å². The van der Waals surface area contributed by atoms with Crippen molar-refractivity contribution in [3.8, 4) is 0 Å². The molecule has 0 spiro atoms. The SMILES string of the molecule is Fc1cccc(CCNC2CCCCCC2)c1F. The van der Waals surface area contributed by atoms with E-state index in [1.54, 1.807) is 12.1 Å². The number of halogens is 2. The summed E-state index contributed by atoms with van der Waals surface area (Å²) >= 11 is 0. The maximum atomic E-state index is 13.4. The van der Waals surface area contributed by atoms with Crippen molar-refractivity contribution in [2.75, 3.05) is 6.54 Å². The summed E-state index contributed by atoms with van der Waals surface area (Å²) in [5.74, 6) is -1.44. The fraction of sp³-hybridized carbons (Fsp3) is 0.600. The van der Waals surface area contributed by atoms with Crippen LogP contribution in [-0.4, -0.2) is 12.6 Å². The van der Waals surface area contributed by atoms with E-state index in [0.717, 1.165) is 12.6 Å². The molecule has 0 bridgehead atoms. The van der Waals surface area contributed by atoms with Crippen LogP contribution in [0.4, 0.5) is 8.78 Å². The van der Waals surface area contributed by atoms with Gasteiger partial charge in [-0.25, -0.2) is 8.78 Å². The molecule has 1 fully saturated rings. The van der Waals surface area contributed by atoms with Crippen molar-refractivity contribution in [3.05, 3.63) is 35.4 Å². The van der Waals surface area contributed by atoms with Crippen molar-refractivity contribution in [1.82, 2.24) is 5.32 Å². The highest BCUT2D eigenvalue weighted by molar-refractivity contribution is 5.19. The quantitative estimate of drug-likeness (QED) is 0.804. The molecular formula is C15H21F2N. The molecule has 2 rings (SSSR count). The lowest BCUT2D eigenvalue weighted by Crippen LogP contribution is -2.30. The molecule has 1 aromatic rings. The van der Waals surface area contributed by atoms with Crippen LogP contribution >= 0.6 is 0 Å². The summed E-state index contributed by atoms with van der Waals surface area (Å²) in [6, 6.07) is 4.95. The van der Waals surface area contributed by atoms with Crippen LogP contribution in [-0.2, 0) is 6.42 Å². The van der Waals surface area contributed by atoms with Crippen LogP contribution in [0.25, 0.3) is 0 Å². The number of rotatable bonds is 4. The molecule has 0 aliphatic heterocycles. The Bertz CT molecular complexity index is 371. The lowest BCUT2D eigenvalue weighted by atomic mass is 10.1. The molecule has 0 unspecified atom stereocenters. The smallest absolute Gasteiger partial charge is 0.162 e. The van der Waals surface area contributed by atoms with Crippen molar-refractivity contribution in [2.45, 2.75) is 51.0 Å². The highest BCUT2D eigenvalue weighted by Gasteiger charge is 2.12. The first kappa shape index (κ1) is 13.5. The third-order valence-electron chi connectivity index (χ3n) is 3.71. The Hall–Kier alpha value is -0.960. The largest absolute Gasteiger partial charge is 0.314 e. The highest BCUT2D eigenvalue weighted by atomic mass is 19.2. The predicted octanol–water partition coefficient (Wildman–Crippen LogP) is 3.82. The van der Waals surface area contributed by atoms with E-state index in [0.29, 0.717) is 18.0 Å². The van der Waals surface area contributed by atoms with Crippen molar-refractivity contribution < 1.29 is 8.78 Å². The Balaban J connectivity index is 1.79. The van der Waals surface area contributed by atoms with Gasteiger partial charge in [-0.2, -0.15) is 0 Å². The van der Waals surface area contributed by atoms with Crippen LogP contribution < -0.4 is 5.32 Å². The maximum Gasteiger partial charge on any atom is 0.162 e. The zero-order chi connectivity index (χ0) is 12.8. The van der Waals surface area contributed by atoms with E-state index >= 15 is 0 Å². The van der Waals surface area contributed by atoms with Crippen molar-refractivity contribution >= 4 is 0 Å². The van der Waals surface area contributed by atoms with E-state index in [1.807, 2.05) is 0 Å². The average Bonchev–Trinajstić information content (AvgIpc) is 2.63. The average molecular weight is 253 g/mol. The molecule has 18 heavy (non-hydrogen) atoms. The van der Waals surface area contributed by atoms with Gasteiger partial charge >= 0.3 is 0 Å². The predicted molar refractivity (Wildman–Crippen MR) is 69.6 cm³/mol. The van der Waals surface area contributed by atoms with Crippen LogP contribution in [0.5, 0.6) is 0 Å². The van der Waals surface area contributed by atoms with Crippen LogP contribution in [0.15, 0.2) is 18.2 Å². The second-order valence-electron chi connectivity index (χ2n) is 5.11. The first-order chi connectivity index (χ1) is 8.77. The van der Waals surface area contributed by atoms with Crippen molar-refractivity contribution in [1.29, 1.82) is 0 Å². The van der Waals surface area contributed by atoms with Gasteiger partial charge in [0.2, 0.25) is 0 Å². The van der Waals surface area contributed by atoms with E-state index in [9.17, 15) is 8.78 Å². The summed E-state index contributed by atoms with van der Waals surface area (Å²) < 4.78 is 26.4. The summed E-state index contributed by atoms with van der Waals surface area (Å²) in [5.41, 5.74) is 0.469. The monoisotopic (exact) mass is 253 g/mol. The second kappa shape index (κ2) is 6.83. The van der Waals surface area contributed by atoms with Crippen LogP contribution in [0, 0.1) is 11.6 Å². The Morgan fingerprint density at radius 2 is 1.78 bits per heavy atom. The summed E-state index contributed by atoms with van der Waals surface area (Å²) in [7, 11) is 0. The molecule has 0 atom stereocenters. The lowest BCUT2D eigenvalue weighted by molar-refractivity contribution is 0.456. The normalized spacial score (nSPS) is 17.7. The molecule has 1 N–H and O–H groups in total. The molecule has 0 aromatic heterocycles. The van der Waals surface area contributed by atoms with Gasteiger partial charge in [0.05, 0.1) is 0 Å². The molecule has 1 aromatic carbocycles. The summed E-state index contributed by atoms with van der Waals surface area (Å²) in [6.45, 7) is 0.727. The molecule has 0 amide bonds. The second-order valence-corrected chi connectivity index (χ2v) is 5.11. The number of benzene rings is 1. The van der Waals surface area contributed by atoms with Gasteiger partial charge in [-0.05, 0) is 37.4 Å². The number of hydrogen-bond donors (Lipinski definition) is 1. The molecule has 0 radical (unpaired) electrons. The Kier molecular flexibility index (Phi) is 5.12. The molecule has 1 aliphatic rings. The minimum Gasteiger partial charge on any atom is -0.314 e. The van der Waals surface area contributed by atoms with Crippen LogP contribution in [0.2, 0.25) is 0 Å². The topological polar surface area (TPSA) is 12.0 Å². The van der Waals surface area contributed by atoms with Gasteiger partial charge in [-0.1, -0.05) is 37.8 Å². The van der Waals surface area contributed by atoms with Gasteiger partial charge in [0.1, 0.15) is 0 Å². The van der Waals surface area contributed by atoms with Crippen LogP contribution in [0.3, 0.4) is 0 Å². The fourth-order valence-electron chi connectivity index (χ4n) is 2.64. The maximum absolute atomic E-state index is 13.4. The van der Waals surface area contributed by atoms with Gasteiger partial charge in [-0.15, -0.1) is 0 Å². The molecule has 1 aliphatic carbocycles. The Morgan fingerprint density at radius 3 is 2.50 bits per heavy atom. The summed E-state index contributed by atoms with van der Waals surface area (Å²) in [6.07, 6.45) is 8.21. The zero-order valence-corrected chi connectivity index (χ0v) is 10.7. The van der Waals surface area contributed by atoms with Gasteiger partial charge in [0, 0.05) is 6.04 Å². The van der Waals surface area contributed by atoms with E-state index in [4.69, 9.17) is 0 Å². The van der Waals surface area contributed by atoms with Gasteiger partial charge in [0.15, 0.2) is 11.6 Å². The minimum atomic E-state index is -0.748. The molecule has 1 saturated carbocycles. The van der Waals surface area contributed by atoms with Crippen LogP contribution in [0.1, 0.15) is 44.1 Å². The van der Waals surface area contributed by atoms with E-state index in [2.05, 4.69) is 5.32 Å². The van der Waals surface area contributed by atoms with Gasteiger partial charge < -0.3 is 5.32 Å². The summed E-state index contributed by atoms with van der Waals surface area (Å²) in [4.78, 5) is 0. The van der Waals surface area contributed by atoms with Gasteiger partial charge in [-0.3, -0.25) is 0 Å². The molecule has 0 saturated heterocycles. The first-order valence-corrected chi connectivity index (χ1v) is 6.93. The molecule has 0 heterocycles. The van der Waals surface area contributed by atoms with E-state index < -0.39 is 11.6 Å². The number of nitrogens with one attached hydrogen (secondary N) is 1. The lowest BCUT2D eigenvalue weighted by Gasteiger charge is -2.16. The zero-order valence-electron chi connectivity index (χ0n) is 10.7. The van der Waals surface area contributed by atoms with Crippen molar-refractivity contribution in [3.63, 3.8) is 0 Å². The van der Waals surface area contributed by atoms with E-state index in [-0.39, 0.29) is 0 Å². The standard InChI is InChI=1S/C15H21F2N/c16-14-9-5-6-12(15(14)17)10-11-18-13-7-3-1-2-4-8-13/h5-6,9,13,18H,1-4,7-8,10-11H2. The summed E-state index contributed by atoms with van der Waals surface area (Å²) in [5, 5.41) is 3.47. The molecule has 3 heteroatoms. The van der Waals surface area contributed by atoms with Crippen molar-refractivity contribution in [2.24, 2.45) is 0 Å². The minimum absolute atomic E-state index is 0.469. The van der Waals surface area contributed by atoms with E-state index in [1.165, 1.54) is 38.5 Å². The third kappa shape index (κ3) is 3.77. The molecular weight excluding hydrogens is 232 g/mol. The molecule has 1 nitrogen and oxygen atoms in total. The number of hydrogen-bond acceptors (Lipinski definition) is 1.